The Balaban J connectivity index is 1.53. The first-order valence-corrected chi connectivity index (χ1v) is 11.7. The van der Waals surface area contributed by atoms with E-state index in [0.717, 1.165) is 25.2 Å². The van der Waals surface area contributed by atoms with Gasteiger partial charge in [0.1, 0.15) is 6.04 Å². The number of carbonyl (C=O) groups excluding carboxylic acids is 2. The number of likely N-dealkylation sites (tertiary alicyclic amines) is 1. The highest BCUT2D eigenvalue weighted by Gasteiger charge is 2.19. The Morgan fingerprint density at radius 2 is 1.56 bits per heavy atom. The minimum atomic E-state index is -0.612. The number of carbonyl (C=O) groups is 2. The third-order valence-electron chi connectivity index (χ3n) is 6.17. The monoisotopic (exact) mass is 435 g/mol. The fourth-order valence-electron chi connectivity index (χ4n) is 4.05. The predicted octanol–water partition coefficient (Wildman–Crippen LogP) is 4.40. The van der Waals surface area contributed by atoms with Crippen LogP contribution in [0.4, 0.5) is 0 Å². The summed E-state index contributed by atoms with van der Waals surface area (Å²) >= 11 is 0. The van der Waals surface area contributed by atoms with Gasteiger partial charge in [0.15, 0.2) is 0 Å². The summed E-state index contributed by atoms with van der Waals surface area (Å²) in [6.07, 6.45) is 3.84. The van der Waals surface area contributed by atoms with Crippen LogP contribution in [0.15, 0.2) is 48.5 Å². The standard InChI is InChI=1S/C27H37N3O2/c1-20(29-26(32)21-12-14-24(15-13-21)27(2,3)4)25(31)28-18-22-10-6-7-11-23(22)19-30-16-8-5-9-17-30/h6-7,10-15,20H,5,8-9,16-19H2,1-4H3,(H,28,31)(H,29,32). The van der Waals surface area contributed by atoms with Crippen molar-refractivity contribution in [1.29, 1.82) is 0 Å². The fourth-order valence-corrected chi connectivity index (χ4v) is 4.05. The number of hydrogen-bond acceptors (Lipinski definition) is 3. The molecule has 0 saturated carbocycles. The van der Waals surface area contributed by atoms with Gasteiger partial charge in [0.25, 0.3) is 5.91 Å². The van der Waals surface area contributed by atoms with Crippen LogP contribution in [0.2, 0.25) is 0 Å². The van der Waals surface area contributed by atoms with Crippen LogP contribution in [0, 0.1) is 0 Å². The first kappa shape index (κ1) is 24.0. The van der Waals surface area contributed by atoms with Crippen molar-refractivity contribution in [3.63, 3.8) is 0 Å². The van der Waals surface area contributed by atoms with E-state index in [1.807, 2.05) is 30.3 Å². The second kappa shape index (κ2) is 10.8. The van der Waals surface area contributed by atoms with Gasteiger partial charge in [-0.3, -0.25) is 14.5 Å². The molecule has 0 bridgehead atoms. The fraction of sp³-hybridized carbons (Fsp3) is 0.481. The molecule has 1 heterocycles. The predicted molar refractivity (Wildman–Crippen MR) is 129 cm³/mol. The second-order valence-electron chi connectivity index (χ2n) is 9.85. The van der Waals surface area contributed by atoms with Crippen LogP contribution >= 0.6 is 0 Å². The number of nitrogens with one attached hydrogen (secondary N) is 2. The lowest BCUT2D eigenvalue weighted by Gasteiger charge is -2.27. The van der Waals surface area contributed by atoms with E-state index < -0.39 is 6.04 Å². The van der Waals surface area contributed by atoms with Crippen LogP contribution in [0.25, 0.3) is 0 Å². The second-order valence-corrected chi connectivity index (χ2v) is 9.85. The van der Waals surface area contributed by atoms with Gasteiger partial charge in [-0.05, 0) is 67.1 Å². The average molecular weight is 436 g/mol. The zero-order valence-electron chi connectivity index (χ0n) is 19.9. The molecule has 2 amide bonds. The first-order valence-electron chi connectivity index (χ1n) is 11.7. The highest BCUT2D eigenvalue weighted by Crippen LogP contribution is 2.22. The Morgan fingerprint density at radius 1 is 0.938 bits per heavy atom. The van der Waals surface area contributed by atoms with Gasteiger partial charge in [-0.15, -0.1) is 0 Å². The van der Waals surface area contributed by atoms with Crippen LogP contribution in [0.5, 0.6) is 0 Å². The minimum Gasteiger partial charge on any atom is -0.350 e. The zero-order valence-corrected chi connectivity index (χ0v) is 19.9. The molecule has 2 aromatic carbocycles. The van der Waals surface area contributed by atoms with Crippen LogP contribution in [-0.4, -0.2) is 35.8 Å². The topological polar surface area (TPSA) is 61.4 Å². The molecule has 0 aliphatic carbocycles. The van der Waals surface area contributed by atoms with Gasteiger partial charge in [-0.25, -0.2) is 0 Å². The third kappa shape index (κ3) is 6.67. The minimum absolute atomic E-state index is 0.0342. The van der Waals surface area contributed by atoms with Gasteiger partial charge < -0.3 is 10.6 Å². The van der Waals surface area contributed by atoms with Crippen molar-refractivity contribution in [3.05, 3.63) is 70.8 Å². The molecule has 2 aromatic rings. The summed E-state index contributed by atoms with van der Waals surface area (Å²) in [6.45, 7) is 11.8. The Bertz CT molecular complexity index is 909. The molecule has 0 spiro atoms. The van der Waals surface area contributed by atoms with Crippen molar-refractivity contribution >= 4 is 11.8 Å². The van der Waals surface area contributed by atoms with E-state index in [2.05, 4.69) is 54.5 Å². The third-order valence-corrected chi connectivity index (χ3v) is 6.17. The number of piperidine rings is 1. The largest absolute Gasteiger partial charge is 0.350 e. The van der Waals surface area contributed by atoms with Gasteiger partial charge in [0, 0.05) is 18.7 Å². The van der Waals surface area contributed by atoms with Crippen LogP contribution in [-0.2, 0) is 23.3 Å². The van der Waals surface area contributed by atoms with Gasteiger partial charge >= 0.3 is 0 Å². The molecular weight excluding hydrogens is 398 g/mol. The Labute approximate surface area is 192 Å². The molecule has 0 radical (unpaired) electrons. The molecule has 5 nitrogen and oxygen atoms in total. The molecule has 1 aliphatic rings. The van der Waals surface area contributed by atoms with Gasteiger partial charge in [-0.1, -0.05) is 63.6 Å². The van der Waals surface area contributed by atoms with Crippen molar-refractivity contribution < 1.29 is 9.59 Å². The summed E-state index contributed by atoms with van der Waals surface area (Å²) in [6, 6.07) is 15.2. The number of benzene rings is 2. The summed E-state index contributed by atoms with van der Waals surface area (Å²) in [4.78, 5) is 27.7. The van der Waals surface area contributed by atoms with Crippen molar-refractivity contribution in [3.8, 4) is 0 Å². The maximum Gasteiger partial charge on any atom is 0.251 e. The molecule has 1 fully saturated rings. The molecule has 0 aromatic heterocycles. The maximum atomic E-state index is 12.6. The number of rotatable bonds is 7. The summed E-state index contributed by atoms with van der Waals surface area (Å²) in [5.41, 5.74) is 4.15. The molecule has 2 N–H and O–H groups in total. The highest BCUT2D eigenvalue weighted by molar-refractivity contribution is 5.97. The summed E-state index contributed by atoms with van der Waals surface area (Å²) < 4.78 is 0. The summed E-state index contributed by atoms with van der Waals surface area (Å²) in [5.74, 6) is -0.420. The molecular formula is C27H37N3O2. The highest BCUT2D eigenvalue weighted by atomic mass is 16.2. The molecule has 1 unspecified atom stereocenters. The molecule has 32 heavy (non-hydrogen) atoms. The summed E-state index contributed by atoms with van der Waals surface area (Å²) in [7, 11) is 0. The Kier molecular flexibility index (Phi) is 8.08. The van der Waals surface area contributed by atoms with E-state index in [-0.39, 0.29) is 17.2 Å². The molecule has 1 aliphatic heterocycles. The van der Waals surface area contributed by atoms with E-state index >= 15 is 0 Å². The molecule has 5 heteroatoms. The van der Waals surface area contributed by atoms with E-state index in [4.69, 9.17) is 0 Å². The van der Waals surface area contributed by atoms with Crippen molar-refractivity contribution in [2.45, 2.75) is 71.5 Å². The Morgan fingerprint density at radius 3 is 2.19 bits per heavy atom. The lowest BCUT2D eigenvalue weighted by atomic mass is 9.86. The van der Waals surface area contributed by atoms with Crippen molar-refractivity contribution in [2.24, 2.45) is 0 Å². The van der Waals surface area contributed by atoms with E-state index in [1.165, 1.54) is 30.4 Å². The van der Waals surface area contributed by atoms with Crippen LogP contribution in [0.1, 0.15) is 74.0 Å². The molecule has 3 rings (SSSR count). The molecule has 1 saturated heterocycles. The van der Waals surface area contributed by atoms with Gasteiger partial charge in [-0.2, -0.15) is 0 Å². The smallest absolute Gasteiger partial charge is 0.251 e. The average Bonchev–Trinajstić information content (AvgIpc) is 2.78. The normalized spacial score (nSPS) is 15.8. The van der Waals surface area contributed by atoms with Crippen molar-refractivity contribution in [1.82, 2.24) is 15.5 Å². The van der Waals surface area contributed by atoms with Gasteiger partial charge in [0.2, 0.25) is 5.91 Å². The number of hydrogen-bond donors (Lipinski definition) is 2. The lowest BCUT2D eigenvalue weighted by molar-refractivity contribution is -0.122. The maximum absolute atomic E-state index is 12.6. The summed E-state index contributed by atoms with van der Waals surface area (Å²) in [5, 5.41) is 5.80. The lowest BCUT2D eigenvalue weighted by Crippen LogP contribution is -2.44. The number of nitrogens with zero attached hydrogens (tertiary/aromatic N) is 1. The number of amides is 2. The Hall–Kier alpha value is -2.66. The zero-order chi connectivity index (χ0) is 23.1. The first-order chi connectivity index (χ1) is 15.2. The molecule has 172 valence electrons. The van der Waals surface area contributed by atoms with Crippen LogP contribution < -0.4 is 10.6 Å². The van der Waals surface area contributed by atoms with E-state index in [1.54, 1.807) is 6.92 Å². The molecule has 1 atom stereocenters. The van der Waals surface area contributed by atoms with Crippen LogP contribution in [0.3, 0.4) is 0 Å². The van der Waals surface area contributed by atoms with Gasteiger partial charge in [0.05, 0.1) is 0 Å². The quantitative estimate of drug-likeness (QED) is 0.677. The SMILES string of the molecule is CC(NC(=O)c1ccc(C(C)(C)C)cc1)C(=O)NCc1ccccc1CN1CCCCC1. The van der Waals surface area contributed by atoms with Crippen molar-refractivity contribution in [2.75, 3.05) is 13.1 Å². The van der Waals surface area contributed by atoms with E-state index in [0.29, 0.717) is 12.1 Å². The van der Waals surface area contributed by atoms with E-state index in [9.17, 15) is 9.59 Å².